The van der Waals surface area contributed by atoms with Crippen LogP contribution in [-0.4, -0.2) is 39.1 Å². The molecule has 25 heavy (non-hydrogen) atoms. The molecule has 0 radical (unpaired) electrons. The van der Waals surface area contributed by atoms with Gasteiger partial charge in [0.2, 0.25) is 11.8 Å². The van der Waals surface area contributed by atoms with E-state index in [0.717, 1.165) is 56.5 Å². The molecule has 6 heteroatoms. The summed E-state index contributed by atoms with van der Waals surface area (Å²) in [4.78, 5) is 27.1. The van der Waals surface area contributed by atoms with Crippen molar-refractivity contribution in [1.82, 2.24) is 20.0 Å². The minimum atomic E-state index is -0.377. The van der Waals surface area contributed by atoms with E-state index in [1.165, 1.54) is 12.5 Å². The first-order valence-corrected chi connectivity index (χ1v) is 9.47. The van der Waals surface area contributed by atoms with Gasteiger partial charge in [0.25, 0.3) is 0 Å². The fraction of sp³-hybridized carbons (Fsp3) is 0.737. The van der Waals surface area contributed by atoms with E-state index >= 15 is 0 Å². The monoisotopic (exact) mass is 346 g/mol. The molecule has 1 aliphatic heterocycles. The van der Waals surface area contributed by atoms with Crippen molar-refractivity contribution in [3.8, 4) is 0 Å². The highest BCUT2D eigenvalue weighted by Gasteiger charge is 2.40. The predicted octanol–water partition coefficient (Wildman–Crippen LogP) is 2.40. The number of carbonyl (C=O) groups is 2. The number of likely N-dealkylation sites (tertiary alicyclic amines) is 1. The molecule has 1 N–H and O–H groups in total. The van der Waals surface area contributed by atoms with E-state index in [1.807, 2.05) is 23.6 Å². The van der Waals surface area contributed by atoms with Gasteiger partial charge in [-0.05, 0) is 45.4 Å². The summed E-state index contributed by atoms with van der Waals surface area (Å²) < 4.78 is 1.90. The van der Waals surface area contributed by atoms with Crippen LogP contribution < -0.4 is 5.32 Å². The molecule has 3 rings (SSSR count). The van der Waals surface area contributed by atoms with Gasteiger partial charge in [-0.15, -0.1) is 0 Å². The smallest absolute Gasteiger partial charge is 0.245 e. The molecule has 2 fully saturated rings. The average Bonchev–Trinajstić information content (AvgIpc) is 3.27. The standard InChI is InChI=1S/C19H30N4O2/c1-12-17(13(2)22(4)21-12)16-10-7-11-23(16)19(25)18(20-14(3)24)15-8-5-6-9-15/h15-16,18H,5-11H2,1-4H3,(H,20,24)/t16-,18+/m0/s1. The van der Waals surface area contributed by atoms with Crippen molar-refractivity contribution in [1.29, 1.82) is 0 Å². The zero-order valence-electron chi connectivity index (χ0n) is 15.8. The van der Waals surface area contributed by atoms with Crippen molar-refractivity contribution in [2.24, 2.45) is 13.0 Å². The molecule has 2 amide bonds. The van der Waals surface area contributed by atoms with Gasteiger partial charge in [0.05, 0.1) is 11.7 Å². The van der Waals surface area contributed by atoms with E-state index in [-0.39, 0.29) is 29.8 Å². The molecule has 2 atom stereocenters. The summed E-state index contributed by atoms with van der Waals surface area (Å²) in [6.45, 7) is 6.36. The molecule has 0 spiro atoms. The Bertz CT molecular complexity index is 661. The Morgan fingerprint density at radius 3 is 2.40 bits per heavy atom. The second-order valence-corrected chi connectivity index (χ2v) is 7.62. The van der Waals surface area contributed by atoms with Crippen molar-refractivity contribution in [3.63, 3.8) is 0 Å². The summed E-state index contributed by atoms with van der Waals surface area (Å²) in [7, 11) is 1.95. The Morgan fingerprint density at radius 1 is 1.16 bits per heavy atom. The molecule has 6 nitrogen and oxygen atoms in total. The number of rotatable bonds is 4. The number of aryl methyl sites for hydroxylation is 2. The quantitative estimate of drug-likeness (QED) is 0.910. The van der Waals surface area contributed by atoms with Gasteiger partial charge in [0, 0.05) is 31.8 Å². The minimum Gasteiger partial charge on any atom is -0.344 e. The molecular formula is C19H30N4O2. The van der Waals surface area contributed by atoms with E-state index in [9.17, 15) is 9.59 Å². The Balaban J connectivity index is 1.86. The zero-order valence-corrected chi connectivity index (χ0v) is 15.8. The number of carbonyl (C=O) groups excluding carboxylic acids is 2. The lowest BCUT2D eigenvalue weighted by molar-refractivity contribution is -0.138. The first kappa shape index (κ1) is 18.0. The normalized spacial score (nSPS) is 22.4. The van der Waals surface area contributed by atoms with Crippen molar-refractivity contribution in [2.75, 3.05) is 6.54 Å². The molecule has 2 aliphatic rings. The summed E-state index contributed by atoms with van der Waals surface area (Å²) in [6.07, 6.45) is 6.33. The molecule has 0 bridgehead atoms. The molecule has 1 aromatic heterocycles. The molecule has 1 aliphatic carbocycles. The first-order chi connectivity index (χ1) is 11.9. The van der Waals surface area contributed by atoms with Gasteiger partial charge >= 0.3 is 0 Å². The lowest BCUT2D eigenvalue weighted by atomic mass is 9.95. The molecule has 2 heterocycles. The van der Waals surface area contributed by atoms with Crippen LogP contribution >= 0.6 is 0 Å². The number of hydrogen-bond donors (Lipinski definition) is 1. The number of amides is 2. The average molecular weight is 346 g/mol. The second-order valence-electron chi connectivity index (χ2n) is 7.62. The van der Waals surface area contributed by atoms with Crippen LogP contribution in [0, 0.1) is 19.8 Å². The molecule has 0 unspecified atom stereocenters. The fourth-order valence-electron chi connectivity index (χ4n) is 4.67. The van der Waals surface area contributed by atoms with Gasteiger partial charge in [-0.2, -0.15) is 5.10 Å². The number of hydrogen-bond acceptors (Lipinski definition) is 3. The SMILES string of the molecule is CC(=O)N[C@@H](C(=O)N1CCC[C@H]1c1c(C)nn(C)c1C)C1CCCC1. The van der Waals surface area contributed by atoms with Crippen LogP contribution in [0.1, 0.15) is 68.4 Å². The van der Waals surface area contributed by atoms with Crippen LogP contribution in [0.5, 0.6) is 0 Å². The van der Waals surface area contributed by atoms with Crippen LogP contribution in [-0.2, 0) is 16.6 Å². The van der Waals surface area contributed by atoms with E-state index < -0.39 is 0 Å². The van der Waals surface area contributed by atoms with Gasteiger partial charge in [-0.1, -0.05) is 12.8 Å². The van der Waals surface area contributed by atoms with Crippen LogP contribution in [0.4, 0.5) is 0 Å². The number of nitrogens with zero attached hydrogens (tertiary/aromatic N) is 3. The van der Waals surface area contributed by atoms with E-state index in [1.54, 1.807) is 0 Å². The van der Waals surface area contributed by atoms with E-state index in [2.05, 4.69) is 17.3 Å². The molecule has 1 aromatic rings. The van der Waals surface area contributed by atoms with Gasteiger partial charge in [-0.25, -0.2) is 0 Å². The molecule has 138 valence electrons. The lowest BCUT2D eigenvalue weighted by Gasteiger charge is -2.32. The third-order valence-electron chi connectivity index (χ3n) is 5.93. The van der Waals surface area contributed by atoms with Gasteiger partial charge in [0.1, 0.15) is 6.04 Å². The Kier molecular flexibility index (Phi) is 5.16. The van der Waals surface area contributed by atoms with Crippen LogP contribution in [0.15, 0.2) is 0 Å². The topological polar surface area (TPSA) is 67.2 Å². The predicted molar refractivity (Wildman–Crippen MR) is 95.9 cm³/mol. The fourth-order valence-corrected chi connectivity index (χ4v) is 4.67. The number of nitrogens with one attached hydrogen (secondary N) is 1. The molecular weight excluding hydrogens is 316 g/mol. The Morgan fingerprint density at radius 2 is 1.84 bits per heavy atom. The van der Waals surface area contributed by atoms with Crippen molar-refractivity contribution in [2.45, 2.75) is 71.4 Å². The van der Waals surface area contributed by atoms with E-state index in [4.69, 9.17) is 0 Å². The van der Waals surface area contributed by atoms with Gasteiger partial charge in [-0.3, -0.25) is 14.3 Å². The second kappa shape index (κ2) is 7.18. The maximum Gasteiger partial charge on any atom is 0.245 e. The van der Waals surface area contributed by atoms with Crippen molar-refractivity contribution in [3.05, 3.63) is 17.0 Å². The largest absolute Gasteiger partial charge is 0.344 e. The highest BCUT2D eigenvalue weighted by molar-refractivity contribution is 5.87. The molecule has 1 saturated heterocycles. The van der Waals surface area contributed by atoms with Crippen molar-refractivity contribution >= 4 is 11.8 Å². The highest BCUT2D eigenvalue weighted by Crippen LogP contribution is 2.37. The molecule has 0 aromatic carbocycles. The maximum absolute atomic E-state index is 13.4. The van der Waals surface area contributed by atoms with Crippen LogP contribution in [0.2, 0.25) is 0 Å². The van der Waals surface area contributed by atoms with Crippen molar-refractivity contribution < 1.29 is 9.59 Å². The summed E-state index contributed by atoms with van der Waals surface area (Å²) in [5, 5.41) is 7.48. The lowest BCUT2D eigenvalue weighted by Crippen LogP contribution is -2.51. The summed E-state index contributed by atoms with van der Waals surface area (Å²) >= 11 is 0. The van der Waals surface area contributed by atoms with E-state index in [0.29, 0.717) is 0 Å². The maximum atomic E-state index is 13.4. The third kappa shape index (κ3) is 3.44. The molecule has 1 saturated carbocycles. The van der Waals surface area contributed by atoms with Crippen LogP contribution in [0.25, 0.3) is 0 Å². The van der Waals surface area contributed by atoms with Gasteiger partial charge in [0.15, 0.2) is 0 Å². The first-order valence-electron chi connectivity index (χ1n) is 9.47. The Hall–Kier alpha value is -1.85. The summed E-state index contributed by atoms with van der Waals surface area (Å²) in [5.74, 6) is 0.246. The number of aromatic nitrogens is 2. The highest BCUT2D eigenvalue weighted by atomic mass is 16.2. The Labute approximate surface area is 149 Å². The summed E-state index contributed by atoms with van der Waals surface area (Å²) in [6, 6.07) is -0.295. The minimum absolute atomic E-state index is 0.0823. The summed E-state index contributed by atoms with van der Waals surface area (Å²) in [5.41, 5.74) is 3.31. The van der Waals surface area contributed by atoms with Gasteiger partial charge < -0.3 is 10.2 Å². The zero-order chi connectivity index (χ0) is 18.1. The third-order valence-corrected chi connectivity index (χ3v) is 5.93. The van der Waals surface area contributed by atoms with Crippen LogP contribution in [0.3, 0.4) is 0 Å².